The summed E-state index contributed by atoms with van der Waals surface area (Å²) >= 11 is 0. The van der Waals surface area contributed by atoms with Gasteiger partial charge in [0.1, 0.15) is 0 Å². The molecule has 0 spiro atoms. The molecule has 3 nitrogen and oxygen atoms in total. The zero-order valence-electron chi connectivity index (χ0n) is 16.2. The number of hydrogen-bond acceptors (Lipinski definition) is 2. The van der Waals surface area contributed by atoms with Crippen molar-refractivity contribution in [3.8, 4) is 0 Å². The Labute approximate surface area is 154 Å². The van der Waals surface area contributed by atoms with Crippen molar-refractivity contribution in [3.05, 3.63) is 42.0 Å². The molecule has 0 heterocycles. The molecule has 0 aliphatic rings. The van der Waals surface area contributed by atoms with E-state index in [0.29, 0.717) is 5.69 Å². The highest BCUT2D eigenvalue weighted by atomic mass is 16.4. The maximum absolute atomic E-state index is 10.3. The van der Waals surface area contributed by atoms with Gasteiger partial charge in [-0.2, -0.15) is 0 Å². The van der Waals surface area contributed by atoms with Crippen LogP contribution in [0.1, 0.15) is 94.8 Å². The van der Waals surface area contributed by atoms with Gasteiger partial charge in [0.05, 0.1) is 5.56 Å². The number of rotatable bonds is 12. The molecule has 0 amide bonds. The lowest BCUT2D eigenvalue weighted by molar-refractivity contribution is 0.0697. The van der Waals surface area contributed by atoms with Gasteiger partial charge in [-0.15, -0.1) is 0 Å². The molecule has 1 aromatic carbocycles. The van der Waals surface area contributed by atoms with Gasteiger partial charge in [0.25, 0.3) is 0 Å². The molecule has 0 aliphatic heterocycles. The zero-order valence-corrected chi connectivity index (χ0v) is 16.2. The summed E-state index contributed by atoms with van der Waals surface area (Å²) < 4.78 is 0. The number of aromatic carboxylic acids is 1. The van der Waals surface area contributed by atoms with Crippen LogP contribution in [0.15, 0.2) is 36.4 Å². The second-order valence-electron chi connectivity index (χ2n) is 6.45. The van der Waals surface area contributed by atoms with Crippen molar-refractivity contribution < 1.29 is 9.90 Å². The topological polar surface area (TPSA) is 63.3 Å². The van der Waals surface area contributed by atoms with E-state index in [1.807, 2.05) is 0 Å². The molecule has 0 saturated carbocycles. The third kappa shape index (κ3) is 15.5. The molecule has 0 radical (unpaired) electrons. The van der Waals surface area contributed by atoms with Gasteiger partial charge in [0.15, 0.2) is 0 Å². The predicted octanol–water partition coefficient (Wildman–Crippen LogP) is 6.84. The number of carboxylic acid groups (broad SMARTS) is 1. The first-order valence-corrected chi connectivity index (χ1v) is 9.85. The van der Waals surface area contributed by atoms with Crippen LogP contribution in [0, 0.1) is 0 Å². The van der Waals surface area contributed by atoms with Crippen LogP contribution in [-0.2, 0) is 0 Å². The van der Waals surface area contributed by atoms with Gasteiger partial charge in [0.2, 0.25) is 0 Å². The van der Waals surface area contributed by atoms with E-state index in [0.717, 1.165) is 0 Å². The fraction of sp³-hybridized carbons (Fsp3) is 0.591. The van der Waals surface area contributed by atoms with E-state index in [9.17, 15) is 4.79 Å². The maximum Gasteiger partial charge on any atom is 0.335 e. The second kappa shape index (κ2) is 17.1. The molecule has 0 atom stereocenters. The smallest absolute Gasteiger partial charge is 0.335 e. The van der Waals surface area contributed by atoms with E-state index < -0.39 is 5.97 Å². The third-order valence-electron chi connectivity index (χ3n) is 4.00. The van der Waals surface area contributed by atoms with Gasteiger partial charge < -0.3 is 10.8 Å². The highest BCUT2D eigenvalue weighted by molar-refractivity contribution is 5.87. The van der Waals surface area contributed by atoms with Crippen molar-refractivity contribution in [2.75, 3.05) is 5.73 Å². The van der Waals surface area contributed by atoms with E-state index in [1.165, 1.54) is 82.8 Å². The third-order valence-corrected chi connectivity index (χ3v) is 4.00. The molecule has 0 bridgehead atoms. The lowest BCUT2D eigenvalue weighted by atomic mass is 10.1. The number of nitrogen functional groups attached to an aromatic ring is 1. The van der Waals surface area contributed by atoms with Crippen molar-refractivity contribution in [2.45, 2.75) is 84.5 Å². The van der Waals surface area contributed by atoms with Gasteiger partial charge in [-0.3, -0.25) is 0 Å². The van der Waals surface area contributed by atoms with Crippen LogP contribution >= 0.6 is 0 Å². The van der Waals surface area contributed by atoms with Crippen LogP contribution < -0.4 is 5.73 Å². The van der Waals surface area contributed by atoms with E-state index in [4.69, 9.17) is 10.8 Å². The van der Waals surface area contributed by atoms with Gasteiger partial charge >= 0.3 is 5.97 Å². The number of nitrogens with two attached hydrogens (primary N) is 1. The van der Waals surface area contributed by atoms with E-state index in [1.54, 1.807) is 12.1 Å². The summed E-state index contributed by atoms with van der Waals surface area (Å²) in [5.74, 6) is -0.931. The number of carboxylic acids is 1. The Kier molecular flexibility index (Phi) is 15.9. The molecule has 3 heteroatoms. The van der Waals surface area contributed by atoms with Crippen LogP contribution in [0.3, 0.4) is 0 Å². The first kappa shape index (κ1) is 23.2. The monoisotopic (exact) mass is 347 g/mol. The number of anilines is 1. The number of hydrogen-bond donors (Lipinski definition) is 2. The van der Waals surface area contributed by atoms with Crippen molar-refractivity contribution in [2.24, 2.45) is 0 Å². The Bertz CT molecular complexity index is 452. The molecule has 25 heavy (non-hydrogen) atoms. The SMILES string of the molecule is CCCC=CCCCCCCCCCC.Nc1ccc(C(=O)O)cc1. The summed E-state index contributed by atoms with van der Waals surface area (Å²) in [6.07, 6.45) is 20.0. The zero-order chi connectivity index (χ0) is 18.8. The summed E-state index contributed by atoms with van der Waals surface area (Å²) in [5.41, 5.74) is 6.17. The molecular formula is C22H37NO2. The van der Waals surface area contributed by atoms with Crippen LogP contribution in [0.4, 0.5) is 5.69 Å². The van der Waals surface area contributed by atoms with Crippen molar-refractivity contribution in [1.82, 2.24) is 0 Å². The van der Waals surface area contributed by atoms with Crippen LogP contribution in [0.5, 0.6) is 0 Å². The summed E-state index contributed by atoms with van der Waals surface area (Å²) in [4.78, 5) is 10.3. The summed E-state index contributed by atoms with van der Waals surface area (Å²) in [6, 6.07) is 6.06. The number of benzene rings is 1. The largest absolute Gasteiger partial charge is 0.478 e. The van der Waals surface area contributed by atoms with Gasteiger partial charge in [-0.05, 0) is 43.5 Å². The molecule has 0 fully saturated rings. The van der Waals surface area contributed by atoms with Gasteiger partial charge in [0, 0.05) is 5.69 Å². The summed E-state index contributed by atoms with van der Waals surface area (Å²) in [5, 5.41) is 8.43. The first-order valence-electron chi connectivity index (χ1n) is 9.85. The standard InChI is InChI=1S/C15H30.C7H7NO2/c1-3-5-7-9-11-13-15-14-12-10-8-6-4-2;8-6-3-1-5(2-4-6)7(9)10/h7,9H,3-6,8,10-15H2,1-2H3;1-4H,8H2,(H,9,10). The highest BCUT2D eigenvalue weighted by Gasteiger charge is 1.98. The second-order valence-corrected chi connectivity index (χ2v) is 6.45. The molecule has 0 aromatic heterocycles. The number of allylic oxidation sites excluding steroid dienone is 2. The number of carbonyl (C=O) groups is 1. The fourth-order valence-electron chi connectivity index (χ4n) is 2.42. The minimum atomic E-state index is -0.931. The molecule has 3 N–H and O–H groups in total. The van der Waals surface area contributed by atoms with Gasteiger partial charge in [-0.25, -0.2) is 4.79 Å². The molecular weight excluding hydrogens is 310 g/mol. The van der Waals surface area contributed by atoms with E-state index >= 15 is 0 Å². The fourth-order valence-corrected chi connectivity index (χ4v) is 2.42. The van der Waals surface area contributed by atoms with Crippen LogP contribution in [0.2, 0.25) is 0 Å². The van der Waals surface area contributed by atoms with Crippen molar-refractivity contribution in [3.63, 3.8) is 0 Å². The quantitative estimate of drug-likeness (QED) is 0.247. The maximum atomic E-state index is 10.3. The molecule has 0 aliphatic carbocycles. The van der Waals surface area contributed by atoms with Gasteiger partial charge in [-0.1, -0.05) is 77.4 Å². The lowest BCUT2D eigenvalue weighted by Crippen LogP contribution is -1.95. The predicted molar refractivity (Wildman–Crippen MR) is 109 cm³/mol. The highest BCUT2D eigenvalue weighted by Crippen LogP contribution is 2.09. The minimum absolute atomic E-state index is 0.259. The summed E-state index contributed by atoms with van der Waals surface area (Å²) in [6.45, 7) is 4.52. The van der Waals surface area contributed by atoms with Crippen LogP contribution in [-0.4, -0.2) is 11.1 Å². The molecule has 142 valence electrons. The Hall–Kier alpha value is -1.77. The minimum Gasteiger partial charge on any atom is -0.478 e. The van der Waals surface area contributed by atoms with E-state index in [-0.39, 0.29) is 5.56 Å². The van der Waals surface area contributed by atoms with Crippen molar-refractivity contribution >= 4 is 11.7 Å². The summed E-state index contributed by atoms with van der Waals surface area (Å²) in [7, 11) is 0. The van der Waals surface area contributed by atoms with Crippen molar-refractivity contribution in [1.29, 1.82) is 0 Å². The normalized spacial score (nSPS) is 10.5. The lowest BCUT2D eigenvalue weighted by Gasteiger charge is -1.99. The Morgan fingerprint density at radius 1 is 0.840 bits per heavy atom. The average molecular weight is 348 g/mol. The van der Waals surface area contributed by atoms with Crippen LogP contribution in [0.25, 0.3) is 0 Å². The molecule has 1 rings (SSSR count). The molecule has 0 saturated heterocycles. The average Bonchev–Trinajstić information content (AvgIpc) is 2.61. The first-order chi connectivity index (χ1) is 12.1. The molecule has 0 unspecified atom stereocenters. The Morgan fingerprint density at radius 3 is 1.88 bits per heavy atom. The Balaban J connectivity index is 0.000000496. The number of unbranched alkanes of at least 4 members (excludes halogenated alkanes) is 9. The molecule has 1 aromatic rings. The van der Waals surface area contributed by atoms with E-state index in [2.05, 4.69) is 26.0 Å². The Morgan fingerprint density at radius 2 is 1.36 bits per heavy atom.